The maximum atomic E-state index is 4.32. The molecule has 1 atom stereocenters. The molecule has 1 saturated heterocycles. The zero-order chi connectivity index (χ0) is 11.4. The summed E-state index contributed by atoms with van der Waals surface area (Å²) in [4.78, 5) is 10.8. The van der Waals surface area contributed by atoms with Crippen LogP contribution in [-0.2, 0) is 0 Å². The maximum absolute atomic E-state index is 4.32. The smallest absolute Gasteiger partial charge is 0.224 e. The molecule has 1 aromatic heterocycles. The van der Waals surface area contributed by atoms with Crippen LogP contribution < -0.4 is 10.6 Å². The molecule has 2 N–H and O–H groups in total. The summed E-state index contributed by atoms with van der Waals surface area (Å²) in [7, 11) is 3.99. The summed E-state index contributed by atoms with van der Waals surface area (Å²) < 4.78 is 0. The molecule has 1 aliphatic rings. The zero-order valence-electron chi connectivity index (χ0n) is 9.90. The second-order valence-electron chi connectivity index (χ2n) is 4.31. The van der Waals surface area contributed by atoms with Gasteiger partial charge in [-0.3, -0.25) is 0 Å². The lowest BCUT2D eigenvalue weighted by Gasteiger charge is -2.12. The average molecular weight is 221 g/mol. The van der Waals surface area contributed by atoms with E-state index in [1.54, 1.807) is 6.20 Å². The zero-order valence-corrected chi connectivity index (χ0v) is 9.90. The second-order valence-corrected chi connectivity index (χ2v) is 4.31. The molecular formula is C11H19N5. The number of rotatable bonds is 4. The fourth-order valence-corrected chi connectivity index (χ4v) is 2.02. The van der Waals surface area contributed by atoms with Gasteiger partial charge in [0.15, 0.2) is 0 Å². The predicted octanol–water partition coefficient (Wildman–Crippen LogP) is 0.882. The molecule has 88 valence electrons. The van der Waals surface area contributed by atoms with Crippen LogP contribution in [0.5, 0.6) is 0 Å². The van der Waals surface area contributed by atoms with Gasteiger partial charge in [0.25, 0.3) is 0 Å². The summed E-state index contributed by atoms with van der Waals surface area (Å²) >= 11 is 0. The molecule has 1 aromatic rings. The van der Waals surface area contributed by atoms with Gasteiger partial charge < -0.3 is 15.5 Å². The molecule has 0 spiro atoms. The van der Waals surface area contributed by atoms with Gasteiger partial charge in [0.05, 0.1) is 0 Å². The Bertz CT molecular complexity index is 341. The molecule has 2 heterocycles. The molecule has 5 heteroatoms. The summed E-state index contributed by atoms with van der Waals surface area (Å²) in [5.41, 5.74) is 0. The van der Waals surface area contributed by atoms with Crippen molar-refractivity contribution in [3.63, 3.8) is 0 Å². The number of hydrogen-bond acceptors (Lipinski definition) is 5. The summed E-state index contributed by atoms with van der Waals surface area (Å²) in [5, 5.41) is 6.30. The topological polar surface area (TPSA) is 53.1 Å². The van der Waals surface area contributed by atoms with Crippen molar-refractivity contribution in [3.8, 4) is 0 Å². The highest BCUT2D eigenvalue weighted by atomic mass is 15.1. The van der Waals surface area contributed by atoms with E-state index in [1.807, 2.05) is 13.1 Å². The van der Waals surface area contributed by atoms with Crippen molar-refractivity contribution >= 4 is 11.8 Å². The van der Waals surface area contributed by atoms with Gasteiger partial charge in [-0.25, -0.2) is 4.98 Å². The minimum absolute atomic E-state index is 0.661. The highest BCUT2D eigenvalue weighted by Crippen LogP contribution is 2.15. The van der Waals surface area contributed by atoms with Crippen molar-refractivity contribution in [1.29, 1.82) is 0 Å². The third-order valence-electron chi connectivity index (χ3n) is 2.94. The third-order valence-corrected chi connectivity index (χ3v) is 2.94. The Hall–Kier alpha value is -1.36. The van der Waals surface area contributed by atoms with Gasteiger partial charge in [-0.15, -0.1) is 0 Å². The largest absolute Gasteiger partial charge is 0.370 e. The molecule has 0 bridgehead atoms. The number of nitrogens with one attached hydrogen (secondary N) is 2. The second kappa shape index (κ2) is 5.12. The molecule has 0 aliphatic carbocycles. The monoisotopic (exact) mass is 221 g/mol. The van der Waals surface area contributed by atoms with Gasteiger partial charge in [-0.05, 0) is 32.0 Å². The number of nitrogens with zero attached hydrogens (tertiary/aromatic N) is 3. The summed E-state index contributed by atoms with van der Waals surface area (Å²) in [6, 6.07) is 1.90. The normalized spacial score (nSPS) is 21.0. The van der Waals surface area contributed by atoms with Crippen LogP contribution in [0.25, 0.3) is 0 Å². The first-order chi connectivity index (χ1) is 7.78. The van der Waals surface area contributed by atoms with Crippen LogP contribution in [0.1, 0.15) is 6.42 Å². The molecule has 0 radical (unpaired) electrons. The van der Waals surface area contributed by atoms with Crippen LogP contribution in [0.2, 0.25) is 0 Å². The van der Waals surface area contributed by atoms with Crippen LogP contribution in [0.15, 0.2) is 12.3 Å². The first-order valence-corrected chi connectivity index (χ1v) is 5.71. The van der Waals surface area contributed by atoms with E-state index in [0.29, 0.717) is 5.95 Å². The van der Waals surface area contributed by atoms with E-state index in [4.69, 9.17) is 0 Å². The predicted molar refractivity (Wildman–Crippen MR) is 65.7 cm³/mol. The van der Waals surface area contributed by atoms with E-state index in [0.717, 1.165) is 18.3 Å². The van der Waals surface area contributed by atoms with Crippen LogP contribution >= 0.6 is 0 Å². The number of hydrogen-bond donors (Lipinski definition) is 2. The summed E-state index contributed by atoms with van der Waals surface area (Å²) in [6.45, 7) is 3.37. The highest BCUT2D eigenvalue weighted by Gasteiger charge is 2.18. The first kappa shape index (κ1) is 11.1. The van der Waals surface area contributed by atoms with Gasteiger partial charge in [-0.2, -0.15) is 4.98 Å². The molecule has 1 fully saturated rings. The van der Waals surface area contributed by atoms with E-state index in [1.165, 1.54) is 19.5 Å². The quantitative estimate of drug-likeness (QED) is 0.790. The van der Waals surface area contributed by atoms with Gasteiger partial charge >= 0.3 is 0 Å². The Morgan fingerprint density at radius 1 is 1.56 bits per heavy atom. The van der Waals surface area contributed by atoms with Crippen molar-refractivity contribution < 1.29 is 0 Å². The van der Waals surface area contributed by atoms with E-state index in [2.05, 4.69) is 32.5 Å². The summed E-state index contributed by atoms with van der Waals surface area (Å²) in [5.74, 6) is 2.29. The van der Waals surface area contributed by atoms with Crippen LogP contribution in [-0.4, -0.2) is 48.6 Å². The molecule has 1 aliphatic heterocycles. The van der Waals surface area contributed by atoms with Crippen LogP contribution in [0.4, 0.5) is 11.8 Å². The average Bonchev–Trinajstić information content (AvgIpc) is 2.73. The summed E-state index contributed by atoms with van der Waals surface area (Å²) in [6.07, 6.45) is 3.04. The van der Waals surface area contributed by atoms with Crippen molar-refractivity contribution in [3.05, 3.63) is 12.3 Å². The standard InChI is InChI=1S/C11H19N5/c1-12-11-13-5-3-10(15-11)14-7-9-4-6-16(2)8-9/h3,5,9H,4,6-8H2,1-2H3,(H2,12,13,14,15). The minimum Gasteiger partial charge on any atom is -0.370 e. The van der Waals surface area contributed by atoms with Gasteiger partial charge in [0.1, 0.15) is 5.82 Å². The number of aromatic nitrogens is 2. The van der Waals surface area contributed by atoms with Crippen molar-refractivity contribution in [2.24, 2.45) is 5.92 Å². The van der Waals surface area contributed by atoms with Crippen LogP contribution in [0, 0.1) is 5.92 Å². The van der Waals surface area contributed by atoms with E-state index < -0.39 is 0 Å². The molecule has 16 heavy (non-hydrogen) atoms. The number of anilines is 2. The third kappa shape index (κ3) is 2.82. The van der Waals surface area contributed by atoms with Gasteiger partial charge in [-0.1, -0.05) is 0 Å². The Kier molecular flexibility index (Phi) is 3.56. The van der Waals surface area contributed by atoms with Crippen molar-refractivity contribution in [2.75, 3.05) is 44.4 Å². The van der Waals surface area contributed by atoms with E-state index >= 15 is 0 Å². The first-order valence-electron chi connectivity index (χ1n) is 5.71. The molecular weight excluding hydrogens is 202 g/mol. The molecule has 5 nitrogen and oxygen atoms in total. The molecule has 0 amide bonds. The molecule has 2 rings (SSSR count). The fourth-order valence-electron chi connectivity index (χ4n) is 2.02. The fraction of sp³-hybridized carbons (Fsp3) is 0.636. The maximum Gasteiger partial charge on any atom is 0.224 e. The molecule has 0 aromatic carbocycles. The Morgan fingerprint density at radius 2 is 2.44 bits per heavy atom. The van der Waals surface area contributed by atoms with E-state index in [9.17, 15) is 0 Å². The molecule has 0 saturated carbocycles. The van der Waals surface area contributed by atoms with Crippen molar-refractivity contribution in [2.45, 2.75) is 6.42 Å². The Labute approximate surface area is 96.3 Å². The lowest BCUT2D eigenvalue weighted by Crippen LogP contribution is -2.19. The Balaban J connectivity index is 1.84. The van der Waals surface area contributed by atoms with Crippen LogP contribution in [0.3, 0.4) is 0 Å². The van der Waals surface area contributed by atoms with Gasteiger partial charge in [0.2, 0.25) is 5.95 Å². The highest BCUT2D eigenvalue weighted by molar-refractivity contribution is 5.39. The SMILES string of the molecule is CNc1nccc(NCC2CCN(C)C2)n1. The minimum atomic E-state index is 0.661. The van der Waals surface area contributed by atoms with Gasteiger partial charge in [0, 0.05) is 26.3 Å². The molecule has 1 unspecified atom stereocenters. The number of likely N-dealkylation sites (tertiary alicyclic amines) is 1. The lowest BCUT2D eigenvalue weighted by molar-refractivity contribution is 0.399. The van der Waals surface area contributed by atoms with Crippen molar-refractivity contribution in [1.82, 2.24) is 14.9 Å². The Morgan fingerprint density at radius 3 is 3.12 bits per heavy atom. The van der Waals surface area contributed by atoms with E-state index in [-0.39, 0.29) is 0 Å². The lowest BCUT2D eigenvalue weighted by atomic mass is 10.1.